The Balaban J connectivity index is 2.33. The summed E-state index contributed by atoms with van der Waals surface area (Å²) >= 11 is 0. The molecule has 0 aliphatic carbocycles. The molecule has 112 valence electrons. The van der Waals surface area contributed by atoms with Gasteiger partial charge in [0.2, 0.25) is 0 Å². The Labute approximate surface area is 111 Å². The maximum absolute atomic E-state index is 13.8. The number of aromatic nitrogens is 1. The Bertz CT molecular complexity index is 537. The van der Waals surface area contributed by atoms with Crippen LogP contribution in [0.3, 0.4) is 0 Å². The van der Waals surface area contributed by atoms with E-state index >= 15 is 0 Å². The predicted octanol–water partition coefficient (Wildman–Crippen LogP) is 2.12. The summed E-state index contributed by atoms with van der Waals surface area (Å²) in [6.07, 6.45) is -4.08. The SMILES string of the molecule is O=c1ccc(C2CNCCC2(F)F)cn1CC(F)(F)F. The number of rotatable bonds is 2. The fourth-order valence-corrected chi connectivity index (χ4v) is 2.26. The van der Waals surface area contributed by atoms with Crippen LogP contribution in [0.15, 0.2) is 23.1 Å². The maximum Gasteiger partial charge on any atom is 0.406 e. The van der Waals surface area contributed by atoms with Crippen molar-refractivity contribution >= 4 is 0 Å². The van der Waals surface area contributed by atoms with E-state index < -0.39 is 30.1 Å². The molecule has 20 heavy (non-hydrogen) atoms. The predicted molar refractivity (Wildman–Crippen MR) is 61.9 cm³/mol. The van der Waals surface area contributed by atoms with E-state index in [2.05, 4.69) is 5.32 Å². The van der Waals surface area contributed by atoms with Gasteiger partial charge in [0.15, 0.2) is 0 Å². The van der Waals surface area contributed by atoms with Gasteiger partial charge in [0.25, 0.3) is 11.5 Å². The first-order valence-electron chi connectivity index (χ1n) is 6.05. The van der Waals surface area contributed by atoms with Crippen LogP contribution in [-0.2, 0) is 6.54 Å². The van der Waals surface area contributed by atoms with E-state index in [0.29, 0.717) is 4.57 Å². The van der Waals surface area contributed by atoms with Gasteiger partial charge in [-0.2, -0.15) is 13.2 Å². The highest BCUT2D eigenvalue weighted by atomic mass is 19.4. The molecule has 1 unspecified atom stereocenters. The average molecular weight is 296 g/mol. The Morgan fingerprint density at radius 2 is 2.05 bits per heavy atom. The number of hydrogen-bond acceptors (Lipinski definition) is 2. The minimum Gasteiger partial charge on any atom is -0.316 e. The molecule has 1 N–H and O–H groups in total. The van der Waals surface area contributed by atoms with E-state index in [1.54, 1.807) is 0 Å². The monoisotopic (exact) mass is 296 g/mol. The zero-order valence-electron chi connectivity index (χ0n) is 10.4. The number of alkyl halides is 5. The highest BCUT2D eigenvalue weighted by Gasteiger charge is 2.42. The van der Waals surface area contributed by atoms with Gasteiger partial charge in [0, 0.05) is 31.8 Å². The van der Waals surface area contributed by atoms with Crippen molar-refractivity contribution in [2.24, 2.45) is 0 Å². The summed E-state index contributed by atoms with van der Waals surface area (Å²) in [5.74, 6) is -4.22. The lowest BCUT2D eigenvalue weighted by Crippen LogP contribution is -2.43. The molecule has 0 spiro atoms. The molecule has 1 fully saturated rings. The third-order valence-corrected chi connectivity index (χ3v) is 3.25. The Kier molecular flexibility index (Phi) is 3.86. The topological polar surface area (TPSA) is 34.0 Å². The number of hydrogen-bond donors (Lipinski definition) is 1. The molecule has 1 aromatic heterocycles. The van der Waals surface area contributed by atoms with Gasteiger partial charge >= 0.3 is 6.18 Å². The molecule has 0 radical (unpaired) electrons. The molecule has 2 rings (SSSR count). The molecule has 0 amide bonds. The smallest absolute Gasteiger partial charge is 0.316 e. The first-order chi connectivity index (χ1) is 9.19. The van der Waals surface area contributed by atoms with Gasteiger partial charge in [-0.15, -0.1) is 0 Å². The quantitative estimate of drug-likeness (QED) is 0.848. The van der Waals surface area contributed by atoms with Gasteiger partial charge in [0.1, 0.15) is 6.54 Å². The number of halogens is 5. The van der Waals surface area contributed by atoms with Crippen molar-refractivity contribution in [1.82, 2.24) is 9.88 Å². The third-order valence-electron chi connectivity index (χ3n) is 3.25. The highest BCUT2D eigenvalue weighted by molar-refractivity contribution is 5.20. The Morgan fingerprint density at radius 3 is 2.65 bits per heavy atom. The standard InChI is InChI=1S/C12H13F5N2O/c13-11(14)3-4-18-5-9(11)8-1-2-10(20)19(6-8)7-12(15,16)17/h1-2,6,9,18H,3-5,7H2. The van der Waals surface area contributed by atoms with Crippen molar-refractivity contribution < 1.29 is 22.0 Å². The average Bonchev–Trinajstić information content (AvgIpc) is 2.30. The van der Waals surface area contributed by atoms with Gasteiger partial charge in [-0.05, 0) is 5.56 Å². The molecule has 0 aromatic carbocycles. The lowest BCUT2D eigenvalue weighted by molar-refractivity contribution is -0.141. The normalized spacial score (nSPS) is 22.8. The van der Waals surface area contributed by atoms with Gasteiger partial charge < -0.3 is 9.88 Å². The second-order valence-corrected chi connectivity index (χ2v) is 4.81. The van der Waals surface area contributed by atoms with E-state index in [1.165, 1.54) is 6.07 Å². The summed E-state index contributed by atoms with van der Waals surface area (Å²) in [7, 11) is 0. The minimum absolute atomic E-state index is 0.0305. The zero-order valence-corrected chi connectivity index (χ0v) is 10.4. The van der Waals surface area contributed by atoms with E-state index in [1.807, 2.05) is 0 Å². The second kappa shape index (κ2) is 5.16. The van der Waals surface area contributed by atoms with Crippen LogP contribution in [0.2, 0.25) is 0 Å². The van der Waals surface area contributed by atoms with Gasteiger partial charge in [-0.1, -0.05) is 6.07 Å². The fraction of sp³-hybridized carbons (Fsp3) is 0.583. The molecule has 1 aliphatic rings. The molecule has 0 bridgehead atoms. The highest BCUT2D eigenvalue weighted by Crippen LogP contribution is 2.37. The lowest BCUT2D eigenvalue weighted by atomic mass is 9.89. The summed E-state index contributed by atoms with van der Waals surface area (Å²) in [6.45, 7) is -1.35. The first kappa shape index (κ1) is 15.0. The van der Waals surface area contributed by atoms with Gasteiger partial charge in [-0.25, -0.2) is 8.78 Å². The van der Waals surface area contributed by atoms with Crippen molar-refractivity contribution in [2.75, 3.05) is 13.1 Å². The number of pyridine rings is 1. The van der Waals surface area contributed by atoms with Crippen molar-refractivity contribution in [3.05, 3.63) is 34.2 Å². The molecule has 2 heterocycles. The summed E-state index contributed by atoms with van der Waals surface area (Å²) in [5, 5.41) is 2.78. The van der Waals surface area contributed by atoms with E-state index in [4.69, 9.17) is 0 Å². The zero-order chi connectivity index (χ0) is 15.0. The van der Waals surface area contributed by atoms with Crippen LogP contribution < -0.4 is 10.9 Å². The molecule has 3 nitrogen and oxygen atoms in total. The van der Waals surface area contributed by atoms with E-state index in [-0.39, 0.29) is 25.1 Å². The molecule has 1 atom stereocenters. The number of nitrogens with zero attached hydrogens (tertiary/aromatic N) is 1. The van der Waals surface area contributed by atoms with Crippen molar-refractivity contribution in [1.29, 1.82) is 0 Å². The Morgan fingerprint density at radius 1 is 1.35 bits per heavy atom. The van der Waals surface area contributed by atoms with Crippen LogP contribution in [-0.4, -0.2) is 29.8 Å². The van der Waals surface area contributed by atoms with Gasteiger partial charge in [-0.3, -0.25) is 4.79 Å². The molecular formula is C12H13F5N2O. The molecule has 0 saturated carbocycles. The number of nitrogens with one attached hydrogen (secondary N) is 1. The van der Waals surface area contributed by atoms with E-state index in [0.717, 1.165) is 12.3 Å². The number of piperidine rings is 1. The maximum atomic E-state index is 13.8. The van der Waals surface area contributed by atoms with Gasteiger partial charge in [0.05, 0.1) is 5.92 Å². The molecular weight excluding hydrogens is 283 g/mol. The summed E-state index contributed by atoms with van der Waals surface area (Å²) < 4.78 is 64.9. The summed E-state index contributed by atoms with van der Waals surface area (Å²) in [5.41, 5.74) is -0.829. The van der Waals surface area contributed by atoms with Crippen molar-refractivity contribution in [3.8, 4) is 0 Å². The minimum atomic E-state index is -4.57. The second-order valence-electron chi connectivity index (χ2n) is 4.81. The molecule has 8 heteroatoms. The van der Waals surface area contributed by atoms with Crippen LogP contribution >= 0.6 is 0 Å². The third kappa shape index (κ3) is 3.36. The molecule has 1 saturated heterocycles. The summed E-state index contributed by atoms with van der Waals surface area (Å²) in [4.78, 5) is 11.4. The van der Waals surface area contributed by atoms with Crippen LogP contribution in [0.25, 0.3) is 0 Å². The van der Waals surface area contributed by atoms with Crippen LogP contribution in [0.4, 0.5) is 22.0 Å². The van der Waals surface area contributed by atoms with E-state index in [9.17, 15) is 26.7 Å². The summed E-state index contributed by atoms with van der Waals surface area (Å²) in [6, 6.07) is 2.06. The molecule has 1 aromatic rings. The van der Waals surface area contributed by atoms with Crippen molar-refractivity contribution in [3.63, 3.8) is 0 Å². The van der Waals surface area contributed by atoms with Crippen LogP contribution in [0.1, 0.15) is 17.9 Å². The largest absolute Gasteiger partial charge is 0.406 e. The van der Waals surface area contributed by atoms with Crippen LogP contribution in [0.5, 0.6) is 0 Å². The Hall–Kier alpha value is -1.44. The van der Waals surface area contributed by atoms with Crippen LogP contribution in [0, 0.1) is 0 Å². The lowest BCUT2D eigenvalue weighted by Gasteiger charge is -2.32. The van der Waals surface area contributed by atoms with Crippen molar-refractivity contribution in [2.45, 2.75) is 31.0 Å². The molecule has 1 aliphatic heterocycles. The first-order valence-corrected chi connectivity index (χ1v) is 6.05. The fourth-order valence-electron chi connectivity index (χ4n) is 2.26.